The van der Waals surface area contributed by atoms with E-state index in [1.165, 1.54) is 0 Å². The predicted octanol–water partition coefficient (Wildman–Crippen LogP) is 4.16. The number of fused-ring (bicyclic) bond motifs is 1. The van der Waals surface area contributed by atoms with E-state index in [4.69, 9.17) is 24.6 Å². The summed E-state index contributed by atoms with van der Waals surface area (Å²) in [6, 6.07) is 17.4. The first-order valence-electron chi connectivity index (χ1n) is 8.63. The van der Waals surface area contributed by atoms with Crippen LogP contribution >= 0.6 is 0 Å². The van der Waals surface area contributed by atoms with Gasteiger partial charge < -0.3 is 24.5 Å². The van der Waals surface area contributed by atoms with Crippen LogP contribution in [-0.2, 0) is 0 Å². The van der Waals surface area contributed by atoms with Crippen molar-refractivity contribution in [3.05, 3.63) is 71.5 Å². The molecule has 0 bridgehead atoms. The lowest BCUT2D eigenvalue weighted by Crippen LogP contribution is -2.41. The molecule has 138 valence electrons. The van der Waals surface area contributed by atoms with Crippen molar-refractivity contribution in [3.8, 4) is 11.5 Å². The number of furan rings is 1. The molecule has 3 aromatic rings. The van der Waals surface area contributed by atoms with Gasteiger partial charge in [0.1, 0.15) is 29.3 Å². The zero-order valence-corrected chi connectivity index (χ0v) is 15.5. The van der Waals surface area contributed by atoms with Gasteiger partial charge in [-0.3, -0.25) is 0 Å². The van der Waals surface area contributed by atoms with Crippen molar-refractivity contribution in [2.24, 2.45) is 10.7 Å². The van der Waals surface area contributed by atoms with Crippen molar-refractivity contribution in [1.29, 1.82) is 0 Å². The molecule has 27 heavy (non-hydrogen) atoms. The minimum atomic E-state index is -0.416. The summed E-state index contributed by atoms with van der Waals surface area (Å²) >= 11 is 0. The molecular weight excluding hydrogens is 342 g/mol. The number of rotatable bonds is 4. The smallest absolute Gasteiger partial charge is 0.227 e. The number of aliphatic imine (C=N–C) groups is 1. The zero-order chi connectivity index (χ0) is 19.0. The molecule has 1 aromatic heterocycles. The minimum absolute atomic E-state index is 0.416. The van der Waals surface area contributed by atoms with Crippen LogP contribution in [0.2, 0.25) is 0 Å². The highest BCUT2D eigenvalue weighted by Crippen LogP contribution is 2.39. The largest absolute Gasteiger partial charge is 0.497 e. The fourth-order valence-electron chi connectivity index (χ4n) is 3.21. The standard InChI is InChI=1S/C21H21N3O3/c1-13-12-18-19(22)24(15-6-10-17(26-3)11-7-15)20(23-21(18)27-13)14-4-8-16(25-2)9-5-14/h4-12,19H,22H2,1-3H3. The molecule has 6 nitrogen and oxygen atoms in total. The molecule has 0 aliphatic carbocycles. The molecule has 0 saturated heterocycles. The number of nitrogens with two attached hydrogens (primary N) is 1. The Hall–Kier alpha value is -3.25. The maximum absolute atomic E-state index is 6.62. The molecule has 0 radical (unpaired) electrons. The Morgan fingerprint density at radius 1 is 0.963 bits per heavy atom. The van der Waals surface area contributed by atoms with Crippen molar-refractivity contribution < 1.29 is 13.9 Å². The second-order valence-electron chi connectivity index (χ2n) is 6.29. The maximum Gasteiger partial charge on any atom is 0.227 e. The van der Waals surface area contributed by atoms with Gasteiger partial charge in [-0.25, -0.2) is 0 Å². The van der Waals surface area contributed by atoms with Crippen LogP contribution < -0.4 is 20.1 Å². The highest BCUT2D eigenvalue weighted by Gasteiger charge is 2.32. The number of amidine groups is 1. The van der Waals surface area contributed by atoms with Gasteiger partial charge in [-0.05, 0) is 61.5 Å². The van der Waals surface area contributed by atoms with E-state index in [9.17, 15) is 0 Å². The Kier molecular flexibility index (Phi) is 4.33. The van der Waals surface area contributed by atoms with Gasteiger partial charge in [0.25, 0.3) is 0 Å². The third kappa shape index (κ3) is 3.04. The van der Waals surface area contributed by atoms with E-state index >= 15 is 0 Å². The quantitative estimate of drug-likeness (QED) is 0.753. The van der Waals surface area contributed by atoms with E-state index in [0.29, 0.717) is 5.88 Å². The summed E-state index contributed by atoms with van der Waals surface area (Å²) in [6.07, 6.45) is -0.416. The molecule has 2 heterocycles. The van der Waals surface area contributed by atoms with Gasteiger partial charge >= 0.3 is 0 Å². The zero-order valence-electron chi connectivity index (χ0n) is 15.5. The number of anilines is 1. The molecule has 2 N–H and O–H groups in total. The maximum atomic E-state index is 6.62. The van der Waals surface area contributed by atoms with E-state index < -0.39 is 6.17 Å². The van der Waals surface area contributed by atoms with E-state index in [1.54, 1.807) is 14.2 Å². The average Bonchev–Trinajstić information content (AvgIpc) is 3.09. The SMILES string of the molecule is COc1ccc(C2=Nc3oc(C)cc3C(N)N2c2ccc(OC)cc2)cc1. The van der Waals surface area contributed by atoms with Crippen molar-refractivity contribution in [1.82, 2.24) is 0 Å². The van der Waals surface area contributed by atoms with Gasteiger partial charge in [-0.2, -0.15) is 4.99 Å². The normalized spacial score (nSPS) is 15.9. The molecule has 1 aliphatic heterocycles. The summed E-state index contributed by atoms with van der Waals surface area (Å²) in [5.74, 6) is 3.62. The third-order valence-corrected chi connectivity index (χ3v) is 4.59. The summed E-state index contributed by atoms with van der Waals surface area (Å²) in [5.41, 5.74) is 9.32. The van der Waals surface area contributed by atoms with Crippen LogP contribution in [0.5, 0.6) is 11.5 Å². The summed E-state index contributed by atoms with van der Waals surface area (Å²) in [6.45, 7) is 1.89. The molecule has 1 aliphatic rings. The minimum Gasteiger partial charge on any atom is -0.497 e. The summed E-state index contributed by atoms with van der Waals surface area (Å²) in [7, 11) is 3.29. The number of aryl methyl sites for hydroxylation is 1. The van der Waals surface area contributed by atoms with Crippen LogP contribution in [0, 0.1) is 6.92 Å². The Labute approximate surface area is 157 Å². The fraction of sp³-hybridized carbons (Fsp3) is 0.190. The molecule has 1 unspecified atom stereocenters. The number of benzene rings is 2. The number of nitrogens with zero attached hydrogens (tertiary/aromatic N) is 2. The number of hydrogen-bond donors (Lipinski definition) is 1. The van der Waals surface area contributed by atoms with Gasteiger partial charge in [-0.1, -0.05) is 0 Å². The number of methoxy groups -OCH3 is 2. The van der Waals surface area contributed by atoms with Crippen LogP contribution in [0.15, 0.2) is 64.0 Å². The molecule has 0 spiro atoms. The summed E-state index contributed by atoms with van der Waals surface area (Å²) < 4.78 is 16.3. The van der Waals surface area contributed by atoms with Gasteiger partial charge in [-0.15, -0.1) is 0 Å². The molecule has 6 heteroatoms. The topological polar surface area (TPSA) is 73.2 Å². The molecule has 1 atom stereocenters. The fourth-order valence-corrected chi connectivity index (χ4v) is 3.21. The van der Waals surface area contributed by atoms with Crippen LogP contribution in [0.25, 0.3) is 0 Å². The van der Waals surface area contributed by atoms with Gasteiger partial charge in [0.15, 0.2) is 0 Å². The first-order chi connectivity index (χ1) is 13.1. The lowest BCUT2D eigenvalue weighted by atomic mass is 10.1. The second kappa shape index (κ2) is 6.81. The molecule has 4 rings (SSSR count). The highest BCUT2D eigenvalue weighted by molar-refractivity contribution is 6.12. The predicted molar refractivity (Wildman–Crippen MR) is 105 cm³/mol. The average molecular weight is 363 g/mol. The molecule has 0 saturated carbocycles. The van der Waals surface area contributed by atoms with Crippen molar-refractivity contribution in [3.63, 3.8) is 0 Å². The molecule has 0 fully saturated rings. The van der Waals surface area contributed by atoms with E-state index in [-0.39, 0.29) is 0 Å². The lowest BCUT2D eigenvalue weighted by molar-refractivity contribution is 0.414. The van der Waals surface area contributed by atoms with E-state index in [2.05, 4.69) is 0 Å². The van der Waals surface area contributed by atoms with Crippen molar-refractivity contribution in [2.75, 3.05) is 19.1 Å². The Balaban J connectivity index is 1.84. The Morgan fingerprint density at radius 3 is 2.15 bits per heavy atom. The van der Waals surface area contributed by atoms with Crippen LogP contribution in [0.1, 0.15) is 23.1 Å². The van der Waals surface area contributed by atoms with Crippen molar-refractivity contribution >= 4 is 17.4 Å². The first-order valence-corrected chi connectivity index (χ1v) is 8.63. The molecular formula is C21H21N3O3. The highest BCUT2D eigenvalue weighted by atomic mass is 16.5. The van der Waals surface area contributed by atoms with Crippen LogP contribution in [-0.4, -0.2) is 20.1 Å². The monoisotopic (exact) mass is 363 g/mol. The molecule has 2 aromatic carbocycles. The third-order valence-electron chi connectivity index (χ3n) is 4.59. The Bertz CT molecular complexity index is 975. The summed E-state index contributed by atoms with van der Waals surface area (Å²) in [4.78, 5) is 6.77. The van der Waals surface area contributed by atoms with Crippen LogP contribution in [0.4, 0.5) is 11.6 Å². The van der Waals surface area contributed by atoms with E-state index in [0.717, 1.165) is 39.9 Å². The van der Waals surface area contributed by atoms with Gasteiger partial charge in [0, 0.05) is 11.3 Å². The Morgan fingerprint density at radius 2 is 1.56 bits per heavy atom. The van der Waals surface area contributed by atoms with Gasteiger partial charge in [0.05, 0.1) is 19.8 Å². The lowest BCUT2D eigenvalue weighted by Gasteiger charge is -2.34. The van der Waals surface area contributed by atoms with Crippen LogP contribution in [0.3, 0.4) is 0 Å². The number of ether oxygens (including phenoxy) is 2. The van der Waals surface area contributed by atoms with E-state index in [1.807, 2.05) is 66.4 Å². The number of hydrogen-bond acceptors (Lipinski definition) is 6. The van der Waals surface area contributed by atoms with Crippen molar-refractivity contribution in [2.45, 2.75) is 13.1 Å². The summed E-state index contributed by atoms with van der Waals surface area (Å²) in [5, 5.41) is 0. The second-order valence-corrected chi connectivity index (χ2v) is 6.29. The van der Waals surface area contributed by atoms with Gasteiger partial charge in [0.2, 0.25) is 5.88 Å². The first kappa shape index (κ1) is 17.2. The molecule has 0 amide bonds.